The molecule has 22 heavy (non-hydrogen) atoms. The van der Waals surface area contributed by atoms with Gasteiger partial charge in [0.15, 0.2) is 9.50 Å². The van der Waals surface area contributed by atoms with E-state index in [1.807, 2.05) is 6.92 Å². The van der Waals surface area contributed by atoms with E-state index in [4.69, 9.17) is 0 Å². The average molecular weight is 355 g/mol. The van der Waals surface area contributed by atoms with Gasteiger partial charge in [0, 0.05) is 24.6 Å². The van der Waals surface area contributed by atoms with Gasteiger partial charge in [0.1, 0.15) is 0 Å². The summed E-state index contributed by atoms with van der Waals surface area (Å²) >= 11 is 4.36. The van der Waals surface area contributed by atoms with E-state index in [1.54, 1.807) is 11.8 Å². The van der Waals surface area contributed by atoms with Crippen LogP contribution >= 0.6 is 34.9 Å². The van der Waals surface area contributed by atoms with Gasteiger partial charge in [-0.15, -0.1) is 10.2 Å². The smallest absolute Gasteiger partial charge is 0.254 e. The molecule has 3 heterocycles. The third kappa shape index (κ3) is 3.33. The number of thioether (sulfide) groups is 2. The molecule has 3 rings (SSSR count). The first-order chi connectivity index (χ1) is 10.7. The van der Waals surface area contributed by atoms with Gasteiger partial charge in [-0.3, -0.25) is 14.2 Å². The Kier molecular flexibility index (Phi) is 4.79. The highest BCUT2D eigenvalue weighted by Crippen LogP contribution is 2.28. The maximum absolute atomic E-state index is 12.3. The molecule has 0 bridgehead atoms. The molecule has 0 aliphatic carbocycles. The first kappa shape index (κ1) is 15.5. The first-order valence-electron chi connectivity index (χ1n) is 6.63. The van der Waals surface area contributed by atoms with Crippen molar-refractivity contribution < 1.29 is 4.79 Å². The molecule has 1 aliphatic heterocycles. The summed E-state index contributed by atoms with van der Waals surface area (Å²) in [5.41, 5.74) is -0.132. The number of anilines is 1. The minimum atomic E-state index is -0.287. The van der Waals surface area contributed by atoms with E-state index < -0.39 is 0 Å². The van der Waals surface area contributed by atoms with E-state index in [-0.39, 0.29) is 17.4 Å². The second-order valence-electron chi connectivity index (χ2n) is 4.48. The molecule has 10 heteroatoms. The Morgan fingerprint density at radius 2 is 2.41 bits per heavy atom. The second kappa shape index (κ2) is 6.80. The lowest BCUT2D eigenvalue weighted by Crippen LogP contribution is -2.36. The first-order valence-corrected chi connectivity index (χ1v) is 9.42. The number of nitrogens with one attached hydrogen (secondary N) is 1. The fourth-order valence-corrected chi connectivity index (χ4v) is 4.67. The minimum absolute atomic E-state index is 0.132. The van der Waals surface area contributed by atoms with Crippen molar-refractivity contribution in [1.82, 2.24) is 19.7 Å². The molecule has 1 unspecified atom stereocenters. The van der Waals surface area contributed by atoms with Crippen LogP contribution in [-0.4, -0.2) is 37.2 Å². The molecule has 0 aromatic carbocycles. The van der Waals surface area contributed by atoms with Crippen LogP contribution in [0.5, 0.6) is 0 Å². The largest absolute Gasteiger partial charge is 0.300 e. The second-order valence-corrected chi connectivity index (χ2v) is 7.96. The average Bonchev–Trinajstić information content (AvgIpc) is 2.95. The molecule has 2 aromatic rings. The maximum atomic E-state index is 12.3. The van der Waals surface area contributed by atoms with E-state index in [1.165, 1.54) is 39.9 Å². The van der Waals surface area contributed by atoms with Crippen LogP contribution in [-0.2, 0) is 11.3 Å². The van der Waals surface area contributed by atoms with Crippen LogP contribution < -0.4 is 10.9 Å². The van der Waals surface area contributed by atoms with Crippen LogP contribution in [0, 0.1) is 5.92 Å². The Bertz CT molecular complexity index is 744. The molecular formula is C12H13N5O2S3. The predicted molar refractivity (Wildman–Crippen MR) is 87.6 cm³/mol. The van der Waals surface area contributed by atoms with Gasteiger partial charge >= 0.3 is 0 Å². The van der Waals surface area contributed by atoms with Crippen LogP contribution in [0.1, 0.15) is 6.92 Å². The highest BCUT2D eigenvalue weighted by molar-refractivity contribution is 8.01. The Balaban J connectivity index is 1.68. The molecule has 0 fully saturated rings. The zero-order valence-electron chi connectivity index (χ0n) is 11.7. The highest BCUT2D eigenvalue weighted by atomic mass is 32.2. The monoisotopic (exact) mass is 355 g/mol. The maximum Gasteiger partial charge on any atom is 0.254 e. The van der Waals surface area contributed by atoms with Crippen molar-refractivity contribution >= 4 is 45.9 Å². The van der Waals surface area contributed by atoms with Gasteiger partial charge in [0.25, 0.3) is 5.56 Å². The number of nitrogens with zero attached hydrogens (tertiary/aromatic N) is 4. The summed E-state index contributed by atoms with van der Waals surface area (Å²) in [4.78, 5) is 28.3. The summed E-state index contributed by atoms with van der Waals surface area (Å²) in [6, 6.07) is 1.41. The standard InChI is InChI=1S/C12H13N5O2S3/c1-2-20-12-16-15-10(22-12)14-9(19)7-5-17-8(18)3-4-13-11(17)21-6-7/h3-4,7H,2,5-6H2,1H3,(H,14,15,19). The quantitative estimate of drug-likeness (QED) is 0.506. The number of amides is 1. The van der Waals surface area contributed by atoms with Crippen molar-refractivity contribution in [2.45, 2.75) is 23.0 Å². The van der Waals surface area contributed by atoms with E-state index >= 15 is 0 Å². The van der Waals surface area contributed by atoms with Crippen LogP contribution in [0.2, 0.25) is 0 Å². The summed E-state index contributed by atoms with van der Waals surface area (Å²) in [6.45, 7) is 2.38. The topological polar surface area (TPSA) is 89.8 Å². The number of hydrogen-bond donors (Lipinski definition) is 1. The highest BCUT2D eigenvalue weighted by Gasteiger charge is 2.27. The minimum Gasteiger partial charge on any atom is -0.300 e. The van der Waals surface area contributed by atoms with Gasteiger partial charge in [0.05, 0.1) is 5.92 Å². The molecule has 0 saturated heterocycles. The molecule has 1 N–H and O–H groups in total. The SMILES string of the molecule is CCSc1nnc(NC(=O)C2CSc3nccc(=O)n3C2)s1. The van der Waals surface area contributed by atoms with Gasteiger partial charge in [-0.1, -0.05) is 41.8 Å². The molecule has 7 nitrogen and oxygen atoms in total. The number of fused-ring (bicyclic) bond motifs is 1. The third-order valence-electron chi connectivity index (χ3n) is 2.99. The Labute approximate surface area is 138 Å². The number of carbonyl (C=O) groups excluding carboxylic acids is 1. The number of hydrogen-bond acceptors (Lipinski definition) is 8. The van der Waals surface area contributed by atoms with Crippen LogP contribution in [0.3, 0.4) is 0 Å². The molecule has 1 atom stereocenters. The van der Waals surface area contributed by atoms with Crippen molar-refractivity contribution in [1.29, 1.82) is 0 Å². The van der Waals surface area contributed by atoms with Crippen LogP contribution in [0.25, 0.3) is 0 Å². The molecule has 1 aliphatic rings. The van der Waals surface area contributed by atoms with Crippen molar-refractivity contribution in [2.75, 3.05) is 16.8 Å². The van der Waals surface area contributed by atoms with Gasteiger partial charge in [-0.05, 0) is 5.75 Å². The number of carbonyl (C=O) groups is 1. The lowest BCUT2D eigenvalue weighted by atomic mass is 10.1. The molecular weight excluding hydrogens is 342 g/mol. The van der Waals surface area contributed by atoms with E-state index in [2.05, 4.69) is 20.5 Å². The van der Waals surface area contributed by atoms with Crippen molar-refractivity contribution in [2.24, 2.45) is 5.92 Å². The summed E-state index contributed by atoms with van der Waals surface area (Å²) in [5, 5.41) is 11.9. The molecule has 0 spiro atoms. The fourth-order valence-electron chi connectivity index (χ4n) is 1.96. The predicted octanol–water partition coefficient (Wildman–Crippen LogP) is 1.57. The fraction of sp³-hybridized carbons (Fsp3) is 0.417. The Morgan fingerprint density at radius 3 is 3.23 bits per heavy atom. The van der Waals surface area contributed by atoms with Crippen LogP contribution in [0.15, 0.2) is 26.6 Å². The normalized spacial score (nSPS) is 17.0. The molecule has 1 amide bonds. The summed E-state index contributed by atoms with van der Waals surface area (Å²) in [5.74, 6) is 1.08. The van der Waals surface area contributed by atoms with Gasteiger partial charge in [-0.25, -0.2) is 4.98 Å². The Hall–Kier alpha value is -1.39. The zero-order chi connectivity index (χ0) is 15.5. The van der Waals surface area contributed by atoms with Crippen LogP contribution in [0.4, 0.5) is 5.13 Å². The summed E-state index contributed by atoms with van der Waals surface area (Å²) < 4.78 is 2.37. The van der Waals surface area contributed by atoms with E-state index in [0.717, 1.165) is 10.1 Å². The van der Waals surface area contributed by atoms with E-state index in [0.29, 0.717) is 22.6 Å². The van der Waals surface area contributed by atoms with Crippen molar-refractivity contribution in [3.8, 4) is 0 Å². The van der Waals surface area contributed by atoms with E-state index in [9.17, 15) is 9.59 Å². The number of aromatic nitrogens is 4. The lowest BCUT2D eigenvalue weighted by molar-refractivity contribution is -0.119. The van der Waals surface area contributed by atoms with Crippen molar-refractivity contribution in [3.63, 3.8) is 0 Å². The Morgan fingerprint density at radius 1 is 1.55 bits per heavy atom. The lowest BCUT2D eigenvalue weighted by Gasteiger charge is -2.23. The third-order valence-corrected chi connectivity index (χ3v) is 6.00. The molecule has 0 radical (unpaired) electrons. The van der Waals surface area contributed by atoms with Gasteiger partial charge in [-0.2, -0.15) is 0 Å². The summed E-state index contributed by atoms with van der Waals surface area (Å²) in [6.07, 6.45) is 1.50. The zero-order valence-corrected chi connectivity index (χ0v) is 14.1. The van der Waals surface area contributed by atoms with Gasteiger partial charge < -0.3 is 5.32 Å². The molecule has 2 aromatic heterocycles. The van der Waals surface area contributed by atoms with Gasteiger partial charge in [0.2, 0.25) is 11.0 Å². The number of rotatable bonds is 4. The summed E-state index contributed by atoms with van der Waals surface area (Å²) in [7, 11) is 0. The molecule has 0 saturated carbocycles. The van der Waals surface area contributed by atoms with Crippen molar-refractivity contribution in [3.05, 3.63) is 22.6 Å². The molecule has 116 valence electrons.